The SMILES string of the molecule is Clc1ccc(COc2c(Cl)cc(CNc3ccc(Cl)c(Cl)c3)cc2Cl)cc1. The first-order valence-electron chi connectivity index (χ1n) is 7.96. The van der Waals surface area contributed by atoms with Crippen LogP contribution in [0.1, 0.15) is 11.1 Å². The Labute approximate surface area is 182 Å². The summed E-state index contributed by atoms with van der Waals surface area (Å²) in [6, 6.07) is 16.4. The maximum atomic E-state index is 6.36. The first-order chi connectivity index (χ1) is 12.9. The van der Waals surface area contributed by atoms with E-state index < -0.39 is 0 Å². The molecule has 0 aliphatic heterocycles. The molecule has 0 aliphatic carbocycles. The molecule has 3 aromatic carbocycles. The number of halogens is 5. The van der Waals surface area contributed by atoms with Gasteiger partial charge in [-0.05, 0) is 53.6 Å². The van der Waals surface area contributed by atoms with E-state index in [1.165, 1.54) is 0 Å². The second-order valence-corrected chi connectivity index (χ2v) is 7.85. The number of nitrogens with one attached hydrogen (secondary N) is 1. The monoisotopic (exact) mass is 459 g/mol. The van der Waals surface area contributed by atoms with Crippen LogP contribution in [0.3, 0.4) is 0 Å². The van der Waals surface area contributed by atoms with Crippen LogP contribution >= 0.6 is 58.0 Å². The van der Waals surface area contributed by atoms with Crippen LogP contribution in [-0.2, 0) is 13.2 Å². The molecule has 0 saturated heterocycles. The summed E-state index contributed by atoms with van der Waals surface area (Å²) in [5, 5.41) is 5.82. The fourth-order valence-corrected chi connectivity index (χ4v) is 3.46. The zero-order valence-electron chi connectivity index (χ0n) is 13.9. The molecule has 0 bridgehead atoms. The van der Waals surface area contributed by atoms with Crippen LogP contribution in [-0.4, -0.2) is 0 Å². The fraction of sp³-hybridized carbons (Fsp3) is 0.100. The van der Waals surface area contributed by atoms with Gasteiger partial charge in [0, 0.05) is 17.3 Å². The second kappa shape index (κ2) is 9.27. The fourth-order valence-electron chi connectivity index (χ4n) is 2.40. The summed E-state index contributed by atoms with van der Waals surface area (Å²) in [6.45, 7) is 0.867. The normalized spacial score (nSPS) is 10.7. The molecule has 3 rings (SSSR count). The van der Waals surface area contributed by atoms with Gasteiger partial charge in [-0.1, -0.05) is 70.1 Å². The maximum Gasteiger partial charge on any atom is 0.156 e. The molecule has 0 aromatic heterocycles. The number of rotatable bonds is 6. The Balaban J connectivity index is 1.66. The van der Waals surface area contributed by atoms with Crippen LogP contribution in [0.15, 0.2) is 54.6 Å². The van der Waals surface area contributed by atoms with E-state index >= 15 is 0 Å². The Bertz CT molecular complexity index is 921. The van der Waals surface area contributed by atoms with Gasteiger partial charge in [0.1, 0.15) is 6.61 Å². The van der Waals surface area contributed by atoms with Crippen molar-refractivity contribution in [1.82, 2.24) is 0 Å². The van der Waals surface area contributed by atoms with Crippen molar-refractivity contribution in [1.29, 1.82) is 0 Å². The molecule has 3 aromatic rings. The molecule has 0 amide bonds. The molecule has 27 heavy (non-hydrogen) atoms. The zero-order chi connectivity index (χ0) is 19.4. The lowest BCUT2D eigenvalue weighted by Gasteiger charge is -2.13. The van der Waals surface area contributed by atoms with E-state index in [0.29, 0.717) is 44.0 Å². The van der Waals surface area contributed by atoms with Crippen LogP contribution in [0.2, 0.25) is 25.1 Å². The van der Waals surface area contributed by atoms with Crippen LogP contribution in [0, 0.1) is 0 Å². The smallest absolute Gasteiger partial charge is 0.156 e. The van der Waals surface area contributed by atoms with Crippen molar-refractivity contribution in [2.75, 3.05) is 5.32 Å². The summed E-state index contributed by atoms with van der Waals surface area (Å²) in [7, 11) is 0. The highest BCUT2D eigenvalue weighted by Crippen LogP contribution is 2.35. The predicted octanol–water partition coefficient (Wildman–Crippen LogP) is 8.14. The van der Waals surface area contributed by atoms with E-state index in [4.69, 9.17) is 62.7 Å². The highest BCUT2D eigenvalue weighted by atomic mass is 35.5. The maximum absolute atomic E-state index is 6.36. The third-order valence-corrected chi connectivity index (χ3v) is 5.32. The van der Waals surface area contributed by atoms with Gasteiger partial charge in [-0.2, -0.15) is 0 Å². The average Bonchev–Trinajstić information content (AvgIpc) is 2.63. The standard InChI is InChI=1S/C20H14Cl5NO/c21-14-3-1-12(2-4-14)11-27-20-18(24)7-13(8-19(20)25)10-26-15-5-6-16(22)17(23)9-15/h1-9,26H,10-11H2. The molecule has 0 aliphatic rings. The molecule has 0 heterocycles. The van der Waals surface area contributed by atoms with Gasteiger partial charge in [0.2, 0.25) is 0 Å². The highest BCUT2D eigenvalue weighted by Gasteiger charge is 2.11. The van der Waals surface area contributed by atoms with Gasteiger partial charge in [-0.3, -0.25) is 0 Å². The molecule has 0 spiro atoms. The quantitative estimate of drug-likeness (QED) is 0.400. The summed E-state index contributed by atoms with van der Waals surface area (Å²) >= 11 is 30.5. The van der Waals surface area contributed by atoms with Crippen LogP contribution < -0.4 is 10.1 Å². The molecule has 2 nitrogen and oxygen atoms in total. The molecule has 0 radical (unpaired) electrons. The summed E-state index contributed by atoms with van der Waals surface area (Å²) in [6.07, 6.45) is 0. The average molecular weight is 462 g/mol. The van der Waals surface area contributed by atoms with Crippen molar-refractivity contribution in [3.63, 3.8) is 0 Å². The van der Waals surface area contributed by atoms with Crippen molar-refractivity contribution >= 4 is 63.7 Å². The Kier molecular flexibility index (Phi) is 7.02. The van der Waals surface area contributed by atoms with Gasteiger partial charge in [0.25, 0.3) is 0 Å². The first kappa shape index (κ1) is 20.4. The van der Waals surface area contributed by atoms with Crippen molar-refractivity contribution in [2.45, 2.75) is 13.2 Å². The zero-order valence-corrected chi connectivity index (χ0v) is 17.7. The van der Waals surface area contributed by atoms with E-state index in [1.54, 1.807) is 24.3 Å². The van der Waals surface area contributed by atoms with E-state index in [-0.39, 0.29) is 0 Å². The first-order valence-corrected chi connectivity index (χ1v) is 9.85. The minimum absolute atomic E-state index is 0.345. The molecule has 140 valence electrons. The Morgan fingerprint density at radius 1 is 0.667 bits per heavy atom. The van der Waals surface area contributed by atoms with Crippen molar-refractivity contribution < 1.29 is 4.74 Å². The van der Waals surface area contributed by atoms with E-state index in [9.17, 15) is 0 Å². The lowest BCUT2D eigenvalue weighted by Crippen LogP contribution is -2.01. The van der Waals surface area contributed by atoms with E-state index in [1.807, 2.05) is 30.3 Å². The number of ether oxygens (including phenoxy) is 1. The Morgan fingerprint density at radius 3 is 1.96 bits per heavy atom. The third kappa shape index (κ3) is 5.60. The second-order valence-electron chi connectivity index (χ2n) is 5.79. The molecule has 0 saturated carbocycles. The summed E-state index contributed by atoms with van der Waals surface area (Å²) in [5.41, 5.74) is 2.73. The Morgan fingerprint density at radius 2 is 1.33 bits per heavy atom. The molecular formula is C20H14Cl5NO. The van der Waals surface area contributed by atoms with Gasteiger partial charge in [0.05, 0.1) is 20.1 Å². The van der Waals surface area contributed by atoms with Crippen molar-refractivity contribution in [3.05, 3.63) is 90.8 Å². The summed E-state index contributed by atoms with van der Waals surface area (Å²) in [4.78, 5) is 0. The van der Waals surface area contributed by atoms with Crippen LogP contribution in [0.5, 0.6) is 5.75 Å². The predicted molar refractivity (Wildman–Crippen MR) is 116 cm³/mol. The highest BCUT2D eigenvalue weighted by molar-refractivity contribution is 6.42. The van der Waals surface area contributed by atoms with E-state index in [2.05, 4.69) is 5.32 Å². The summed E-state index contributed by atoms with van der Waals surface area (Å²) in [5.74, 6) is 0.451. The lowest BCUT2D eigenvalue weighted by molar-refractivity contribution is 0.306. The number of hydrogen-bond acceptors (Lipinski definition) is 2. The third-order valence-electron chi connectivity index (χ3n) is 3.77. The van der Waals surface area contributed by atoms with Crippen molar-refractivity contribution in [2.24, 2.45) is 0 Å². The topological polar surface area (TPSA) is 21.3 Å². The number of benzene rings is 3. The molecular weight excluding hydrogens is 447 g/mol. The minimum atomic E-state index is 0.345. The number of anilines is 1. The molecule has 1 N–H and O–H groups in total. The van der Waals surface area contributed by atoms with Crippen molar-refractivity contribution in [3.8, 4) is 5.75 Å². The molecule has 0 fully saturated rings. The lowest BCUT2D eigenvalue weighted by atomic mass is 10.2. The molecule has 7 heteroatoms. The van der Waals surface area contributed by atoms with Gasteiger partial charge in [0.15, 0.2) is 5.75 Å². The Hall–Kier alpha value is -1.29. The van der Waals surface area contributed by atoms with E-state index in [0.717, 1.165) is 16.8 Å². The van der Waals surface area contributed by atoms with Crippen LogP contribution in [0.25, 0.3) is 0 Å². The van der Waals surface area contributed by atoms with Crippen LogP contribution in [0.4, 0.5) is 5.69 Å². The number of hydrogen-bond donors (Lipinski definition) is 1. The van der Waals surface area contributed by atoms with Gasteiger partial charge < -0.3 is 10.1 Å². The summed E-state index contributed by atoms with van der Waals surface area (Å²) < 4.78 is 5.78. The van der Waals surface area contributed by atoms with Gasteiger partial charge in [-0.15, -0.1) is 0 Å². The molecule has 0 unspecified atom stereocenters. The van der Waals surface area contributed by atoms with Gasteiger partial charge >= 0.3 is 0 Å². The largest absolute Gasteiger partial charge is 0.486 e. The minimum Gasteiger partial charge on any atom is -0.486 e. The van der Waals surface area contributed by atoms with Gasteiger partial charge in [-0.25, -0.2) is 0 Å². The molecule has 0 atom stereocenters.